The van der Waals surface area contributed by atoms with Crippen molar-refractivity contribution in [1.82, 2.24) is 4.90 Å². The number of nitrogens with zero attached hydrogens (tertiary/aromatic N) is 1. The van der Waals surface area contributed by atoms with Gasteiger partial charge in [-0.15, -0.1) is 0 Å². The third-order valence-corrected chi connectivity index (χ3v) is 3.49. The zero-order valence-electron chi connectivity index (χ0n) is 10.6. The molecule has 1 amide bonds. The van der Waals surface area contributed by atoms with Gasteiger partial charge < -0.3 is 10.0 Å². The van der Waals surface area contributed by atoms with Gasteiger partial charge in [0.15, 0.2) is 0 Å². The minimum atomic E-state index is -0.834. The van der Waals surface area contributed by atoms with E-state index in [2.05, 4.69) is 0 Å². The lowest BCUT2D eigenvalue weighted by Gasteiger charge is -2.17. The topological polar surface area (TPSA) is 40.5 Å². The van der Waals surface area contributed by atoms with E-state index in [1.54, 1.807) is 13.0 Å². The number of likely N-dealkylation sites (tertiary alicyclic amines) is 1. The van der Waals surface area contributed by atoms with Gasteiger partial charge in [-0.05, 0) is 31.6 Å². The normalized spacial score (nSPS) is 23.3. The second-order valence-corrected chi connectivity index (χ2v) is 5.38. The van der Waals surface area contributed by atoms with Gasteiger partial charge in [-0.1, -0.05) is 17.7 Å². The molecule has 1 aromatic rings. The Labute approximate surface area is 116 Å². The van der Waals surface area contributed by atoms with Gasteiger partial charge >= 0.3 is 0 Å². The largest absolute Gasteiger partial charge is 0.388 e. The third-order valence-electron chi connectivity index (χ3n) is 3.16. The number of hydrogen-bond acceptors (Lipinski definition) is 2. The van der Waals surface area contributed by atoms with E-state index in [4.69, 9.17) is 11.6 Å². The summed E-state index contributed by atoms with van der Waals surface area (Å²) in [6.07, 6.45) is 3.20. The Morgan fingerprint density at radius 1 is 1.58 bits per heavy atom. The summed E-state index contributed by atoms with van der Waals surface area (Å²) in [4.78, 5) is 13.4. The fourth-order valence-corrected chi connectivity index (χ4v) is 2.29. The van der Waals surface area contributed by atoms with E-state index in [0.29, 0.717) is 19.5 Å². The highest BCUT2D eigenvalue weighted by Gasteiger charge is 2.32. The minimum Gasteiger partial charge on any atom is -0.388 e. The molecular formula is C14H15ClFNO2. The van der Waals surface area contributed by atoms with E-state index >= 15 is 0 Å². The van der Waals surface area contributed by atoms with Gasteiger partial charge in [-0.25, -0.2) is 4.39 Å². The number of carbonyl (C=O) groups excluding carboxylic acids is 1. The van der Waals surface area contributed by atoms with Crippen LogP contribution in [0.3, 0.4) is 0 Å². The van der Waals surface area contributed by atoms with E-state index in [1.165, 1.54) is 29.2 Å². The highest BCUT2D eigenvalue weighted by atomic mass is 35.5. The number of β-amino-alcohol motifs (C(OH)–C–C–N with tert-alkyl or cyclic N) is 1. The quantitative estimate of drug-likeness (QED) is 0.847. The number of carbonyl (C=O) groups is 1. The zero-order chi connectivity index (χ0) is 14.0. The van der Waals surface area contributed by atoms with Crippen molar-refractivity contribution in [2.24, 2.45) is 0 Å². The summed E-state index contributed by atoms with van der Waals surface area (Å²) in [5.41, 5.74) is -0.637. The number of amides is 1. The molecule has 1 aromatic carbocycles. The average molecular weight is 284 g/mol. The summed E-state index contributed by atoms with van der Waals surface area (Å²) in [6.45, 7) is 2.49. The lowest BCUT2D eigenvalue weighted by Crippen LogP contribution is -2.32. The molecule has 1 N–H and O–H groups in total. The standard InChI is InChI=1S/C14H15ClFNO2/c1-14(19)7-8-17(9-14)13(18)6-5-10-11(15)3-2-4-12(10)16/h2-6,19H,7-9H2,1H3/b6-5+. The predicted molar refractivity (Wildman–Crippen MR) is 72.3 cm³/mol. The van der Waals surface area contributed by atoms with Crippen LogP contribution < -0.4 is 0 Å². The number of rotatable bonds is 2. The first-order chi connectivity index (χ1) is 8.89. The Morgan fingerprint density at radius 3 is 2.89 bits per heavy atom. The van der Waals surface area contributed by atoms with Crippen molar-refractivity contribution in [3.8, 4) is 0 Å². The monoisotopic (exact) mass is 283 g/mol. The van der Waals surface area contributed by atoms with Gasteiger partial charge in [0.25, 0.3) is 0 Å². The molecule has 102 valence electrons. The van der Waals surface area contributed by atoms with Gasteiger partial charge in [0, 0.05) is 24.7 Å². The molecule has 5 heteroatoms. The van der Waals surface area contributed by atoms with Crippen LogP contribution >= 0.6 is 11.6 Å². The van der Waals surface area contributed by atoms with Crippen LogP contribution in [0.1, 0.15) is 18.9 Å². The summed E-state index contributed by atoms with van der Waals surface area (Å²) >= 11 is 5.86. The highest BCUT2D eigenvalue weighted by molar-refractivity contribution is 6.32. The SMILES string of the molecule is CC1(O)CCN(C(=O)/C=C/c2c(F)cccc2Cl)C1. The smallest absolute Gasteiger partial charge is 0.246 e. The summed E-state index contributed by atoms with van der Waals surface area (Å²) in [7, 11) is 0. The van der Waals surface area contributed by atoms with Crippen LogP contribution in [0.5, 0.6) is 0 Å². The Hall–Kier alpha value is -1.39. The molecule has 1 aliphatic heterocycles. The number of aliphatic hydroxyl groups is 1. The van der Waals surface area contributed by atoms with Crippen LogP contribution in [-0.4, -0.2) is 34.6 Å². The molecule has 1 heterocycles. The van der Waals surface area contributed by atoms with Crippen molar-refractivity contribution in [3.05, 3.63) is 40.7 Å². The van der Waals surface area contributed by atoms with Crippen LogP contribution in [0.2, 0.25) is 5.02 Å². The van der Waals surface area contributed by atoms with E-state index < -0.39 is 11.4 Å². The van der Waals surface area contributed by atoms with Crippen LogP contribution in [-0.2, 0) is 4.79 Å². The average Bonchev–Trinajstić information content (AvgIpc) is 2.69. The van der Waals surface area contributed by atoms with Gasteiger partial charge in [0.05, 0.1) is 10.6 Å². The summed E-state index contributed by atoms with van der Waals surface area (Å²) in [6, 6.07) is 4.36. The third kappa shape index (κ3) is 3.33. The Morgan fingerprint density at radius 2 is 2.32 bits per heavy atom. The second kappa shape index (κ2) is 5.31. The lowest BCUT2D eigenvalue weighted by atomic mass is 10.1. The van der Waals surface area contributed by atoms with Crippen LogP contribution in [0.25, 0.3) is 6.08 Å². The maximum Gasteiger partial charge on any atom is 0.246 e. The molecule has 0 aliphatic carbocycles. The van der Waals surface area contributed by atoms with Gasteiger partial charge in [0.1, 0.15) is 5.82 Å². The molecule has 0 bridgehead atoms. The Balaban J connectivity index is 2.09. The molecule has 0 aromatic heterocycles. The van der Waals surface area contributed by atoms with Crippen molar-refractivity contribution in [2.75, 3.05) is 13.1 Å². The van der Waals surface area contributed by atoms with Gasteiger partial charge in [-0.3, -0.25) is 4.79 Å². The molecule has 2 rings (SSSR count). The van der Waals surface area contributed by atoms with E-state index in [1.807, 2.05) is 0 Å². The van der Waals surface area contributed by atoms with Gasteiger partial charge in [-0.2, -0.15) is 0 Å². The van der Waals surface area contributed by atoms with Crippen molar-refractivity contribution in [3.63, 3.8) is 0 Å². The maximum absolute atomic E-state index is 13.5. The molecule has 0 spiro atoms. The first-order valence-corrected chi connectivity index (χ1v) is 6.40. The molecule has 1 saturated heterocycles. The van der Waals surface area contributed by atoms with Crippen molar-refractivity contribution in [2.45, 2.75) is 18.9 Å². The number of halogens is 2. The molecular weight excluding hydrogens is 269 g/mol. The maximum atomic E-state index is 13.5. The number of benzene rings is 1. The van der Waals surface area contributed by atoms with E-state index in [9.17, 15) is 14.3 Å². The van der Waals surface area contributed by atoms with Crippen molar-refractivity contribution < 1.29 is 14.3 Å². The van der Waals surface area contributed by atoms with E-state index in [-0.39, 0.29) is 16.5 Å². The van der Waals surface area contributed by atoms with E-state index in [0.717, 1.165) is 0 Å². The first-order valence-electron chi connectivity index (χ1n) is 6.02. The van der Waals surface area contributed by atoms with Crippen LogP contribution in [0, 0.1) is 5.82 Å². The van der Waals surface area contributed by atoms with Crippen LogP contribution in [0.4, 0.5) is 4.39 Å². The van der Waals surface area contributed by atoms with Crippen molar-refractivity contribution in [1.29, 1.82) is 0 Å². The van der Waals surface area contributed by atoms with Crippen LogP contribution in [0.15, 0.2) is 24.3 Å². The fraction of sp³-hybridized carbons (Fsp3) is 0.357. The molecule has 1 fully saturated rings. The molecule has 1 aliphatic rings. The molecule has 1 atom stereocenters. The summed E-state index contributed by atoms with van der Waals surface area (Å²) < 4.78 is 13.5. The minimum absolute atomic E-state index is 0.198. The highest BCUT2D eigenvalue weighted by Crippen LogP contribution is 2.22. The molecule has 0 radical (unpaired) electrons. The molecule has 3 nitrogen and oxygen atoms in total. The molecule has 0 saturated carbocycles. The Kier molecular flexibility index (Phi) is 3.92. The predicted octanol–water partition coefficient (Wildman–Crippen LogP) is 2.48. The summed E-state index contributed by atoms with van der Waals surface area (Å²) in [5.74, 6) is -0.720. The zero-order valence-corrected chi connectivity index (χ0v) is 11.3. The lowest BCUT2D eigenvalue weighted by molar-refractivity contribution is -0.125. The van der Waals surface area contributed by atoms with Crippen molar-refractivity contribution >= 4 is 23.6 Å². The Bertz CT molecular complexity index is 508. The fourth-order valence-electron chi connectivity index (χ4n) is 2.06. The molecule has 19 heavy (non-hydrogen) atoms. The molecule has 1 unspecified atom stereocenters. The summed E-state index contributed by atoms with van der Waals surface area (Å²) in [5, 5.41) is 10.0. The first kappa shape index (κ1) is 14.0. The van der Waals surface area contributed by atoms with Gasteiger partial charge in [0.2, 0.25) is 5.91 Å². The number of hydrogen-bond donors (Lipinski definition) is 1. The second-order valence-electron chi connectivity index (χ2n) is 4.98.